The maximum Gasteiger partial charge on any atom is 0.120 e. The highest BCUT2D eigenvalue weighted by atomic mass is 16.3. The predicted octanol–water partition coefficient (Wildman–Crippen LogP) is 4.03. The number of aryl methyl sites for hydroxylation is 1. The number of likely N-dealkylation sites (tertiary alicyclic amines) is 1. The van der Waals surface area contributed by atoms with E-state index in [1.54, 1.807) is 0 Å². The maximum absolute atomic E-state index is 10.2. The number of aromatic hydroxyl groups is 1. The Hall–Kier alpha value is -1.02. The predicted molar refractivity (Wildman–Crippen MR) is 78.3 cm³/mol. The van der Waals surface area contributed by atoms with Gasteiger partial charge in [-0.25, -0.2) is 0 Å². The van der Waals surface area contributed by atoms with Crippen molar-refractivity contribution in [2.24, 2.45) is 5.92 Å². The first-order chi connectivity index (χ1) is 9.16. The van der Waals surface area contributed by atoms with Crippen LogP contribution in [0.2, 0.25) is 0 Å². The van der Waals surface area contributed by atoms with Gasteiger partial charge in [-0.05, 0) is 57.2 Å². The highest BCUT2D eigenvalue weighted by Crippen LogP contribution is 2.41. The molecule has 1 aliphatic carbocycles. The molecule has 1 saturated carbocycles. The summed E-state index contributed by atoms with van der Waals surface area (Å²) in [6, 6.07) is 7.20. The molecule has 1 aromatic rings. The zero-order chi connectivity index (χ0) is 13.4. The number of hydrogen-bond donors (Lipinski definition) is 1. The zero-order valence-corrected chi connectivity index (χ0v) is 12.1. The lowest BCUT2D eigenvalue weighted by molar-refractivity contribution is 0.139. The van der Waals surface area contributed by atoms with E-state index >= 15 is 0 Å². The zero-order valence-electron chi connectivity index (χ0n) is 12.1. The van der Waals surface area contributed by atoms with Gasteiger partial charge in [0.15, 0.2) is 0 Å². The molecule has 0 aromatic heterocycles. The summed E-state index contributed by atoms with van der Waals surface area (Å²) in [6.07, 6.45) is 6.90. The molecule has 0 radical (unpaired) electrons. The smallest absolute Gasteiger partial charge is 0.120 e. The topological polar surface area (TPSA) is 23.5 Å². The van der Waals surface area contributed by atoms with Crippen LogP contribution >= 0.6 is 0 Å². The van der Waals surface area contributed by atoms with Gasteiger partial charge < -0.3 is 5.11 Å². The Morgan fingerprint density at radius 1 is 1.21 bits per heavy atom. The molecule has 19 heavy (non-hydrogen) atoms. The van der Waals surface area contributed by atoms with Gasteiger partial charge in [-0.3, -0.25) is 4.90 Å². The summed E-state index contributed by atoms with van der Waals surface area (Å²) >= 11 is 0. The first kappa shape index (κ1) is 13.0. The summed E-state index contributed by atoms with van der Waals surface area (Å²) in [5.74, 6) is 1.37. The second-order valence-electron chi connectivity index (χ2n) is 6.38. The molecule has 1 N–H and O–H groups in total. The van der Waals surface area contributed by atoms with E-state index in [0.717, 1.165) is 23.1 Å². The molecule has 2 fully saturated rings. The fourth-order valence-electron chi connectivity index (χ4n) is 4.11. The van der Waals surface area contributed by atoms with Crippen LogP contribution in [0.15, 0.2) is 18.2 Å². The van der Waals surface area contributed by atoms with E-state index in [9.17, 15) is 5.11 Å². The molecule has 3 unspecified atom stereocenters. The molecule has 1 saturated heterocycles. The highest BCUT2D eigenvalue weighted by molar-refractivity contribution is 5.38. The second-order valence-corrected chi connectivity index (χ2v) is 6.38. The Labute approximate surface area is 116 Å². The molecule has 3 rings (SSSR count). The lowest BCUT2D eigenvalue weighted by Crippen LogP contribution is -2.36. The van der Waals surface area contributed by atoms with Crippen molar-refractivity contribution in [2.75, 3.05) is 6.54 Å². The van der Waals surface area contributed by atoms with E-state index in [1.165, 1.54) is 38.6 Å². The third kappa shape index (κ3) is 2.38. The van der Waals surface area contributed by atoms with Crippen molar-refractivity contribution >= 4 is 0 Å². The van der Waals surface area contributed by atoms with Crippen molar-refractivity contribution in [3.63, 3.8) is 0 Å². The van der Waals surface area contributed by atoms with Crippen molar-refractivity contribution in [1.82, 2.24) is 4.90 Å². The van der Waals surface area contributed by atoms with Gasteiger partial charge in [0.2, 0.25) is 0 Å². The number of fused-ring (bicyclic) bond motifs is 1. The molecule has 104 valence electrons. The third-order valence-electron chi connectivity index (χ3n) is 5.19. The number of hydrogen-bond acceptors (Lipinski definition) is 2. The lowest BCUT2D eigenvalue weighted by atomic mass is 9.84. The van der Waals surface area contributed by atoms with Crippen LogP contribution in [0.4, 0.5) is 0 Å². The fourth-order valence-corrected chi connectivity index (χ4v) is 4.11. The van der Waals surface area contributed by atoms with E-state index in [0.29, 0.717) is 11.8 Å². The Balaban J connectivity index is 1.81. The summed E-state index contributed by atoms with van der Waals surface area (Å²) in [7, 11) is 0. The molecule has 1 aromatic carbocycles. The summed E-state index contributed by atoms with van der Waals surface area (Å²) in [4.78, 5) is 2.63. The molecule has 0 spiro atoms. The first-order valence-corrected chi connectivity index (χ1v) is 7.72. The summed E-state index contributed by atoms with van der Waals surface area (Å²) in [5.41, 5.74) is 2.22. The van der Waals surface area contributed by atoms with E-state index in [2.05, 4.69) is 24.0 Å². The number of phenolic OH excluding ortho intramolecular Hbond substituents is 1. The standard InChI is InChI=1S/C17H25NO/c1-12-7-8-15(17(19)11-12)13(2)18-10-9-14-5-3-4-6-16(14)18/h7-8,11,13-14,16,19H,3-6,9-10H2,1-2H3. The fraction of sp³-hybridized carbons (Fsp3) is 0.647. The third-order valence-corrected chi connectivity index (χ3v) is 5.19. The number of phenols is 1. The summed E-state index contributed by atoms with van der Waals surface area (Å²) in [6.45, 7) is 5.48. The van der Waals surface area contributed by atoms with Crippen LogP contribution in [-0.4, -0.2) is 22.6 Å². The van der Waals surface area contributed by atoms with Gasteiger partial charge in [0.1, 0.15) is 5.75 Å². The van der Waals surface area contributed by atoms with E-state index in [-0.39, 0.29) is 0 Å². The lowest BCUT2D eigenvalue weighted by Gasteiger charge is -2.36. The average Bonchev–Trinajstić information content (AvgIpc) is 2.82. The van der Waals surface area contributed by atoms with Crippen LogP contribution in [0.25, 0.3) is 0 Å². The molecule has 0 bridgehead atoms. The second kappa shape index (κ2) is 5.16. The Bertz CT molecular complexity index is 457. The minimum atomic E-state index is 0.341. The van der Waals surface area contributed by atoms with Gasteiger partial charge in [0.25, 0.3) is 0 Å². The molecule has 2 nitrogen and oxygen atoms in total. The Morgan fingerprint density at radius 2 is 2.00 bits per heavy atom. The summed E-state index contributed by atoms with van der Waals surface area (Å²) < 4.78 is 0. The SMILES string of the molecule is Cc1ccc(C(C)N2CCC3CCCCC32)c(O)c1. The number of nitrogens with zero attached hydrogens (tertiary/aromatic N) is 1. The van der Waals surface area contributed by atoms with E-state index in [4.69, 9.17) is 0 Å². The monoisotopic (exact) mass is 259 g/mol. The molecule has 2 aliphatic rings. The van der Waals surface area contributed by atoms with Gasteiger partial charge in [-0.2, -0.15) is 0 Å². The maximum atomic E-state index is 10.2. The molecule has 2 heteroatoms. The normalized spacial score (nSPS) is 29.2. The molecule has 1 aliphatic heterocycles. The van der Waals surface area contributed by atoms with Crippen molar-refractivity contribution in [3.8, 4) is 5.75 Å². The van der Waals surface area contributed by atoms with Gasteiger partial charge in [0, 0.05) is 17.6 Å². The summed E-state index contributed by atoms with van der Waals surface area (Å²) in [5, 5.41) is 10.2. The largest absolute Gasteiger partial charge is 0.508 e. The van der Waals surface area contributed by atoms with Crippen LogP contribution in [0.1, 0.15) is 56.2 Å². The van der Waals surface area contributed by atoms with E-state index < -0.39 is 0 Å². The quantitative estimate of drug-likeness (QED) is 0.867. The van der Waals surface area contributed by atoms with Gasteiger partial charge in [-0.15, -0.1) is 0 Å². The molecular formula is C17H25NO. The van der Waals surface area contributed by atoms with Crippen molar-refractivity contribution in [1.29, 1.82) is 0 Å². The molecule has 3 atom stereocenters. The Morgan fingerprint density at radius 3 is 2.79 bits per heavy atom. The van der Waals surface area contributed by atoms with Gasteiger partial charge in [-0.1, -0.05) is 25.0 Å². The Kier molecular flexibility index (Phi) is 3.53. The van der Waals surface area contributed by atoms with Crippen molar-refractivity contribution < 1.29 is 5.11 Å². The van der Waals surface area contributed by atoms with Crippen LogP contribution in [0.5, 0.6) is 5.75 Å². The van der Waals surface area contributed by atoms with Crippen molar-refractivity contribution in [3.05, 3.63) is 29.3 Å². The minimum Gasteiger partial charge on any atom is -0.508 e. The molecule has 1 heterocycles. The van der Waals surface area contributed by atoms with Crippen LogP contribution < -0.4 is 0 Å². The molecular weight excluding hydrogens is 234 g/mol. The number of rotatable bonds is 2. The molecule has 0 amide bonds. The first-order valence-electron chi connectivity index (χ1n) is 7.72. The van der Waals surface area contributed by atoms with Crippen LogP contribution in [-0.2, 0) is 0 Å². The minimum absolute atomic E-state index is 0.341. The van der Waals surface area contributed by atoms with Crippen LogP contribution in [0, 0.1) is 12.8 Å². The van der Waals surface area contributed by atoms with Crippen molar-refractivity contribution in [2.45, 2.75) is 58.0 Å². The van der Waals surface area contributed by atoms with E-state index in [1.807, 2.05) is 13.0 Å². The average molecular weight is 259 g/mol. The highest BCUT2D eigenvalue weighted by Gasteiger charge is 2.38. The van der Waals surface area contributed by atoms with Gasteiger partial charge >= 0.3 is 0 Å². The van der Waals surface area contributed by atoms with Crippen LogP contribution in [0.3, 0.4) is 0 Å². The van der Waals surface area contributed by atoms with Gasteiger partial charge in [0.05, 0.1) is 0 Å². The number of benzene rings is 1.